The van der Waals surface area contributed by atoms with Crippen LogP contribution in [0, 0.1) is 0 Å². The maximum atomic E-state index is 11.8. The largest absolute Gasteiger partial charge is 0.311 e. The zero-order valence-electron chi connectivity index (χ0n) is 10.3. The van der Waals surface area contributed by atoms with E-state index in [1.807, 2.05) is 0 Å². The minimum absolute atomic E-state index is 0. The highest BCUT2D eigenvalue weighted by atomic mass is 32.3. The fourth-order valence-corrected chi connectivity index (χ4v) is 3.92. The summed E-state index contributed by atoms with van der Waals surface area (Å²) in [7, 11) is -8.71. The van der Waals surface area contributed by atoms with Gasteiger partial charge in [0.05, 0.1) is 9.79 Å². The average Bonchev–Trinajstić information content (AvgIpc) is 2.40. The summed E-state index contributed by atoms with van der Waals surface area (Å²) in [5.74, 6) is 0. The minimum atomic E-state index is -4.35. The highest BCUT2D eigenvalue weighted by Crippen LogP contribution is 2.19. The van der Waals surface area contributed by atoms with E-state index >= 15 is 0 Å². The van der Waals surface area contributed by atoms with Crippen molar-refractivity contribution in [1.29, 1.82) is 0 Å². The molecule has 2 rings (SSSR count). The monoisotopic (exact) mass is 322 g/mol. The Morgan fingerprint density at radius 2 is 0.900 bits per heavy atom. The Bertz CT molecular complexity index is 689. The second-order valence-electron chi connectivity index (χ2n) is 3.60. The standard InChI is InChI=1S/C12H10O5S2.Mg/c13-18(14,11-7-3-1-4-8-11)17-19(15,16)12-9-5-2-6-10-12;/h1-10H;. The van der Waals surface area contributed by atoms with Crippen molar-refractivity contribution in [3.05, 3.63) is 60.7 Å². The number of rotatable bonds is 4. The zero-order chi connectivity index (χ0) is 13.9. The molecule has 0 N–H and O–H groups in total. The van der Waals surface area contributed by atoms with Gasteiger partial charge >= 0.3 is 20.2 Å². The second-order valence-corrected chi connectivity index (χ2v) is 6.91. The first-order chi connectivity index (χ1) is 8.92. The summed E-state index contributed by atoms with van der Waals surface area (Å²) in [6, 6.07) is 14.2. The second kappa shape index (κ2) is 6.68. The Kier molecular flexibility index (Phi) is 5.72. The van der Waals surface area contributed by atoms with E-state index in [2.05, 4.69) is 3.63 Å². The lowest BCUT2D eigenvalue weighted by atomic mass is 10.4. The average molecular weight is 323 g/mol. The van der Waals surface area contributed by atoms with Gasteiger partial charge in [-0.05, 0) is 24.3 Å². The Morgan fingerprint density at radius 3 is 1.20 bits per heavy atom. The first-order valence-corrected chi connectivity index (χ1v) is 8.05. The predicted molar refractivity (Wildman–Crippen MR) is 74.1 cm³/mol. The molecular formula is C12H10MgO5S2. The summed E-state index contributed by atoms with van der Waals surface area (Å²) in [5.41, 5.74) is 0. The number of hydrogen-bond acceptors (Lipinski definition) is 5. The maximum Gasteiger partial charge on any atom is 0.311 e. The van der Waals surface area contributed by atoms with E-state index in [0.29, 0.717) is 0 Å². The van der Waals surface area contributed by atoms with Gasteiger partial charge in [0.1, 0.15) is 0 Å². The Hall–Kier alpha value is -0.934. The lowest BCUT2D eigenvalue weighted by molar-refractivity contribution is 0.462. The van der Waals surface area contributed by atoms with E-state index in [1.165, 1.54) is 48.5 Å². The van der Waals surface area contributed by atoms with Gasteiger partial charge in [0.25, 0.3) is 0 Å². The molecule has 0 unspecified atom stereocenters. The lowest BCUT2D eigenvalue weighted by Crippen LogP contribution is -2.14. The summed E-state index contributed by atoms with van der Waals surface area (Å²) < 4.78 is 51.6. The summed E-state index contributed by atoms with van der Waals surface area (Å²) in [4.78, 5) is -0.427. The highest BCUT2D eigenvalue weighted by molar-refractivity contribution is 7.99. The molecule has 0 aromatic heterocycles. The molecule has 0 amide bonds. The van der Waals surface area contributed by atoms with Crippen LogP contribution < -0.4 is 0 Å². The first kappa shape index (κ1) is 17.1. The van der Waals surface area contributed by atoms with Crippen molar-refractivity contribution < 1.29 is 20.5 Å². The van der Waals surface area contributed by atoms with Crippen molar-refractivity contribution in [2.24, 2.45) is 0 Å². The van der Waals surface area contributed by atoms with E-state index < -0.39 is 20.2 Å². The van der Waals surface area contributed by atoms with Crippen molar-refractivity contribution in [3.63, 3.8) is 0 Å². The van der Waals surface area contributed by atoms with Gasteiger partial charge in [-0.15, -0.1) is 3.63 Å². The van der Waals surface area contributed by atoms with Gasteiger partial charge < -0.3 is 0 Å². The van der Waals surface area contributed by atoms with Gasteiger partial charge in [0.15, 0.2) is 0 Å². The van der Waals surface area contributed by atoms with E-state index in [1.54, 1.807) is 12.1 Å². The van der Waals surface area contributed by atoms with Crippen LogP contribution in [0.25, 0.3) is 0 Å². The van der Waals surface area contributed by atoms with Crippen LogP contribution in [0.2, 0.25) is 0 Å². The molecule has 0 aliphatic rings. The third-order valence-corrected chi connectivity index (χ3v) is 5.38. The van der Waals surface area contributed by atoms with Gasteiger partial charge in [-0.1, -0.05) is 36.4 Å². The first-order valence-electron chi connectivity index (χ1n) is 5.23. The van der Waals surface area contributed by atoms with Crippen molar-refractivity contribution >= 4 is 43.3 Å². The maximum absolute atomic E-state index is 11.8. The molecule has 102 valence electrons. The normalized spacial score (nSPS) is 11.6. The van der Waals surface area contributed by atoms with Crippen LogP contribution >= 0.6 is 0 Å². The molecule has 0 saturated carbocycles. The van der Waals surface area contributed by atoms with Gasteiger partial charge in [-0.25, -0.2) is 0 Å². The van der Waals surface area contributed by atoms with Gasteiger partial charge in [-0.2, -0.15) is 16.8 Å². The Labute approximate surface area is 134 Å². The minimum Gasteiger partial charge on any atom is -0.193 e. The van der Waals surface area contributed by atoms with Crippen molar-refractivity contribution in [3.8, 4) is 0 Å². The van der Waals surface area contributed by atoms with Crippen LogP contribution in [-0.4, -0.2) is 39.9 Å². The number of benzene rings is 2. The lowest BCUT2D eigenvalue weighted by Gasteiger charge is -2.05. The molecule has 2 aromatic carbocycles. The number of hydrogen-bond donors (Lipinski definition) is 0. The molecule has 2 radical (unpaired) electrons. The molecule has 0 bridgehead atoms. The predicted octanol–water partition coefficient (Wildman–Crippen LogP) is 1.40. The smallest absolute Gasteiger partial charge is 0.193 e. The van der Waals surface area contributed by atoms with Crippen molar-refractivity contribution in [2.45, 2.75) is 9.79 Å². The van der Waals surface area contributed by atoms with E-state index in [-0.39, 0.29) is 32.8 Å². The van der Waals surface area contributed by atoms with E-state index in [9.17, 15) is 16.8 Å². The molecule has 8 heteroatoms. The topological polar surface area (TPSA) is 77.5 Å². The van der Waals surface area contributed by atoms with Crippen molar-refractivity contribution in [1.82, 2.24) is 0 Å². The highest BCUT2D eigenvalue weighted by Gasteiger charge is 2.26. The molecule has 0 aliphatic heterocycles. The van der Waals surface area contributed by atoms with Crippen LogP contribution in [0.15, 0.2) is 70.5 Å². The molecule has 0 spiro atoms. The van der Waals surface area contributed by atoms with E-state index in [4.69, 9.17) is 0 Å². The van der Waals surface area contributed by atoms with Gasteiger partial charge in [-0.3, -0.25) is 0 Å². The fourth-order valence-electron chi connectivity index (χ4n) is 1.37. The summed E-state index contributed by atoms with van der Waals surface area (Å²) >= 11 is 0. The molecule has 20 heavy (non-hydrogen) atoms. The van der Waals surface area contributed by atoms with Crippen molar-refractivity contribution in [2.75, 3.05) is 0 Å². The molecule has 0 saturated heterocycles. The van der Waals surface area contributed by atoms with Gasteiger partial charge in [0, 0.05) is 23.1 Å². The zero-order valence-corrected chi connectivity index (χ0v) is 13.4. The molecule has 0 aliphatic carbocycles. The SMILES string of the molecule is O=S(=O)(OS(=O)(=O)c1ccccc1)c1ccccc1.[Mg]. The molecule has 0 heterocycles. The van der Waals surface area contributed by atoms with Crippen LogP contribution in [0.4, 0.5) is 0 Å². The van der Waals surface area contributed by atoms with Gasteiger partial charge in [0.2, 0.25) is 0 Å². The molecule has 0 fully saturated rings. The Morgan fingerprint density at radius 1 is 0.600 bits per heavy atom. The third kappa shape index (κ3) is 4.03. The third-order valence-electron chi connectivity index (χ3n) is 2.24. The van der Waals surface area contributed by atoms with E-state index in [0.717, 1.165) is 0 Å². The van der Waals surface area contributed by atoms with Crippen LogP contribution in [0.3, 0.4) is 0 Å². The summed E-state index contributed by atoms with van der Waals surface area (Å²) in [5, 5.41) is 0. The molecule has 2 aromatic rings. The molecule has 0 atom stereocenters. The van der Waals surface area contributed by atoms with Crippen LogP contribution in [0.5, 0.6) is 0 Å². The van der Waals surface area contributed by atoms with Crippen LogP contribution in [0.1, 0.15) is 0 Å². The van der Waals surface area contributed by atoms with Crippen LogP contribution in [-0.2, 0) is 23.9 Å². The summed E-state index contributed by atoms with van der Waals surface area (Å²) in [6.45, 7) is 0. The summed E-state index contributed by atoms with van der Waals surface area (Å²) in [6.07, 6.45) is 0. The molecular weight excluding hydrogens is 313 g/mol. The molecule has 5 nitrogen and oxygen atoms in total. The quantitative estimate of drug-likeness (QED) is 0.795. The fraction of sp³-hybridized carbons (Fsp3) is 0. The Balaban J connectivity index is 0.00000200.